The van der Waals surface area contributed by atoms with E-state index in [2.05, 4.69) is 25.1 Å². The number of rotatable bonds is 1. The van der Waals surface area contributed by atoms with Crippen molar-refractivity contribution < 1.29 is 9.58 Å². The van der Waals surface area contributed by atoms with E-state index >= 15 is 0 Å². The molecule has 0 aromatic heterocycles. The minimum absolute atomic E-state index is 0.0765. The van der Waals surface area contributed by atoms with Crippen LogP contribution in [0.25, 0.3) is 16.0 Å². The Balaban J connectivity index is 2.96. The number of nitrogens with one attached hydrogen (secondary N) is 1. The fraction of sp³-hybridized carbons (Fsp3) is 0.250. The molecule has 60 valence electrons. The Morgan fingerprint density at radius 3 is 3.00 bits per heavy atom. The molecule has 8 heteroatoms. The summed E-state index contributed by atoms with van der Waals surface area (Å²) >= 11 is 0. The van der Waals surface area contributed by atoms with E-state index in [0.717, 1.165) is 0 Å². The number of nitrogens with zero attached hydrogens (tertiary/aromatic N) is 6. The van der Waals surface area contributed by atoms with Crippen molar-refractivity contribution in [3.63, 3.8) is 0 Å². The Labute approximate surface area is 66.2 Å². The summed E-state index contributed by atoms with van der Waals surface area (Å²) in [4.78, 5) is 19.5. The molecule has 0 fully saturated rings. The van der Waals surface area contributed by atoms with Crippen LogP contribution < -0.4 is 5.32 Å². The van der Waals surface area contributed by atoms with Crippen molar-refractivity contribution in [1.29, 1.82) is 0 Å². The summed E-state index contributed by atoms with van der Waals surface area (Å²) < 4.78 is 0. The van der Waals surface area contributed by atoms with Crippen LogP contribution in [-0.4, -0.2) is 28.9 Å². The van der Waals surface area contributed by atoms with Crippen LogP contribution in [0, 0.1) is 0 Å². The molecule has 1 amide bonds. The second-order valence-electron chi connectivity index (χ2n) is 1.78. The van der Waals surface area contributed by atoms with Gasteiger partial charge in [-0.3, -0.25) is 4.79 Å². The first-order valence-electron chi connectivity index (χ1n) is 2.89. The molecule has 0 saturated carbocycles. The number of hydrogen-bond acceptors (Lipinski definition) is 2. The summed E-state index contributed by atoms with van der Waals surface area (Å²) in [6.07, 6.45) is 0. The molecule has 1 heterocycles. The average molecular weight is 165 g/mol. The van der Waals surface area contributed by atoms with Crippen LogP contribution in [0.15, 0.2) is 10.1 Å². The van der Waals surface area contributed by atoms with Gasteiger partial charge >= 0.3 is 5.84 Å². The molecule has 0 aromatic carbocycles. The molecular formula is C4H3N7O. The van der Waals surface area contributed by atoms with E-state index in [1.807, 2.05) is 0 Å². The smallest absolute Gasteiger partial charge is 0.383 e. The number of carbonyl (C=O) groups is 1. The largest absolute Gasteiger partial charge is 0.497 e. The second-order valence-corrected chi connectivity index (χ2v) is 1.78. The molecule has 12 heavy (non-hydrogen) atoms. The highest BCUT2D eigenvalue weighted by Gasteiger charge is 2.27. The lowest BCUT2D eigenvalue weighted by Crippen LogP contribution is -2.28. The van der Waals surface area contributed by atoms with Gasteiger partial charge in [-0.05, 0) is 10.6 Å². The zero-order valence-electron chi connectivity index (χ0n) is 5.80. The van der Waals surface area contributed by atoms with Gasteiger partial charge in [0.25, 0.3) is 5.91 Å². The predicted octanol–water partition coefficient (Wildman–Crippen LogP) is -0.547. The number of carbonyl (C=O) groups excluding carboxylic acids is 1. The molecule has 0 bridgehead atoms. The third-order valence-electron chi connectivity index (χ3n) is 1.15. The van der Waals surface area contributed by atoms with Crippen molar-refractivity contribution in [3.8, 4) is 0 Å². The topological polar surface area (TPSA) is 127 Å². The first-order chi connectivity index (χ1) is 5.79. The van der Waals surface area contributed by atoms with Gasteiger partial charge in [-0.1, -0.05) is 0 Å². The third kappa shape index (κ3) is 1.29. The van der Waals surface area contributed by atoms with Gasteiger partial charge in [0.05, 0.1) is 0 Å². The summed E-state index contributed by atoms with van der Waals surface area (Å²) in [7, 11) is 0. The molecule has 0 saturated heterocycles. The van der Waals surface area contributed by atoms with Gasteiger partial charge in [0.15, 0.2) is 6.67 Å². The summed E-state index contributed by atoms with van der Waals surface area (Å²) in [6.45, 7) is 0.140. The molecule has 8 nitrogen and oxygen atoms in total. The maximum Gasteiger partial charge on any atom is 0.383 e. The van der Waals surface area contributed by atoms with Crippen LogP contribution in [0.2, 0.25) is 0 Å². The fourth-order valence-corrected chi connectivity index (χ4v) is 0.692. The Bertz CT molecular complexity index is 342. The highest BCUT2D eigenvalue weighted by atomic mass is 16.2. The summed E-state index contributed by atoms with van der Waals surface area (Å²) in [5.74, 6) is -0.942. The molecular weight excluding hydrogens is 162 g/mol. The quantitative estimate of drug-likeness (QED) is 0.318. The molecule has 0 atom stereocenters. The Morgan fingerprint density at radius 1 is 1.67 bits per heavy atom. The minimum Gasteiger partial charge on any atom is -0.497 e. The van der Waals surface area contributed by atoms with Crippen molar-refractivity contribution in [2.24, 2.45) is 10.1 Å². The highest BCUT2D eigenvalue weighted by Crippen LogP contribution is 1.91. The van der Waals surface area contributed by atoms with Crippen molar-refractivity contribution in [1.82, 2.24) is 5.32 Å². The summed E-state index contributed by atoms with van der Waals surface area (Å²) in [6, 6.07) is 0. The normalized spacial score (nSPS) is 14.0. The molecule has 0 aromatic rings. The van der Waals surface area contributed by atoms with E-state index in [9.17, 15) is 4.79 Å². The van der Waals surface area contributed by atoms with Gasteiger partial charge in [0.2, 0.25) is 5.71 Å². The third-order valence-corrected chi connectivity index (χ3v) is 1.15. The molecule has 1 aliphatic heterocycles. The van der Waals surface area contributed by atoms with E-state index < -0.39 is 5.91 Å². The zero-order valence-corrected chi connectivity index (χ0v) is 5.80. The van der Waals surface area contributed by atoms with Gasteiger partial charge in [0, 0.05) is 4.91 Å². The van der Waals surface area contributed by atoms with Crippen LogP contribution in [0.3, 0.4) is 0 Å². The maximum absolute atomic E-state index is 10.8. The van der Waals surface area contributed by atoms with Crippen LogP contribution in [0.5, 0.6) is 0 Å². The monoisotopic (exact) mass is 165 g/mol. The number of amidine groups is 1. The molecule has 0 unspecified atom stereocenters. The summed E-state index contributed by atoms with van der Waals surface area (Å²) in [5.41, 5.74) is 16.1. The van der Waals surface area contributed by atoms with Crippen LogP contribution in [0.1, 0.15) is 0 Å². The molecule has 1 aliphatic rings. The SMILES string of the molecule is [N-]=[N+]=NC(=O)C1=NCNC1=[N+]=[N-]. The number of hydrogen-bond donors (Lipinski definition) is 1. The van der Waals surface area contributed by atoms with E-state index in [1.54, 1.807) is 0 Å². The lowest BCUT2D eigenvalue weighted by Gasteiger charge is -1.84. The van der Waals surface area contributed by atoms with Gasteiger partial charge in [-0.2, -0.15) is 0 Å². The van der Waals surface area contributed by atoms with Crippen LogP contribution >= 0.6 is 0 Å². The van der Waals surface area contributed by atoms with Gasteiger partial charge < -0.3 is 10.3 Å². The van der Waals surface area contributed by atoms with E-state index in [1.165, 1.54) is 0 Å². The van der Waals surface area contributed by atoms with E-state index in [-0.39, 0.29) is 18.2 Å². The van der Waals surface area contributed by atoms with E-state index in [0.29, 0.717) is 0 Å². The number of aliphatic imine (C=N–C) groups is 1. The van der Waals surface area contributed by atoms with Gasteiger partial charge in [0.1, 0.15) is 0 Å². The van der Waals surface area contributed by atoms with Crippen molar-refractivity contribution in [3.05, 3.63) is 16.0 Å². The molecule has 0 radical (unpaired) electrons. The van der Waals surface area contributed by atoms with Gasteiger partial charge in [-0.15, -0.1) is 0 Å². The lowest BCUT2D eigenvalue weighted by molar-refractivity contribution is -0.111. The first-order valence-corrected chi connectivity index (χ1v) is 2.89. The van der Waals surface area contributed by atoms with Crippen LogP contribution in [-0.2, 0) is 4.79 Å². The Morgan fingerprint density at radius 2 is 2.42 bits per heavy atom. The maximum atomic E-state index is 10.8. The molecule has 0 spiro atoms. The zero-order chi connectivity index (χ0) is 8.97. The van der Waals surface area contributed by atoms with Crippen molar-refractivity contribution in [2.45, 2.75) is 0 Å². The number of amides is 1. The van der Waals surface area contributed by atoms with Gasteiger partial charge in [-0.25, -0.2) is 10.3 Å². The standard InChI is InChI=1S/C4H3N7O/c5-9-3-2(7-1-8-3)4(12)10-11-6/h8H,1H2. The minimum atomic E-state index is -0.865. The van der Waals surface area contributed by atoms with Crippen molar-refractivity contribution in [2.75, 3.05) is 6.67 Å². The van der Waals surface area contributed by atoms with E-state index in [4.69, 9.17) is 11.1 Å². The van der Waals surface area contributed by atoms with Crippen LogP contribution in [0.4, 0.5) is 0 Å². The molecule has 1 N–H and O–H groups in total. The average Bonchev–Trinajstić information content (AvgIpc) is 2.51. The van der Waals surface area contributed by atoms with Crippen molar-refractivity contribution >= 4 is 17.5 Å². The summed E-state index contributed by atoms with van der Waals surface area (Å²) in [5, 5.41) is 5.27. The Hall–Kier alpha value is -2.17. The predicted molar refractivity (Wildman–Crippen MR) is 38.2 cm³/mol. The highest BCUT2D eigenvalue weighted by molar-refractivity contribution is 6.66. The second kappa shape index (κ2) is 3.29. The fourth-order valence-electron chi connectivity index (χ4n) is 0.692. The number of azide groups is 1. The molecule has 0 aliphatic carbocycles. The lowest BCUT2D eigenvalue weighted by atomic mass is 10.3. The Kier molecular flexibility index (Phi) is 2.17. The first kappa shape index (κ1) is 7.93. The molecule has 1 rings (SSSR count).